The normalized spacial score (nSPS) is 15.7. The SMILES string of the molecule is O=C(c1ccc(Br)cc1)N1CCC(c2cc3cc(Cl)ccc3[nH]2)CC1. The van der Waals surface area contributed by atoms with Crippen LogP contribution < -0.4 is 0 Å². The monoisotopic (exact) mass is 416 g/mol. The van der Waals surface area contributed by atoms with Gasteiger partial charge in [-0.25, -0.2) is 0 Å². The number of aromatic amines is 1. The number of piperidine rings is 1. The van der Waals surface area contributed by atoms with Crippen molar-refractivity contribution in [2.45, 2.75) is 18.8 Å². The molecule has 0 bridgehead atoms. The number of likely N-dealkylation sites (tertiary alicyclic amines) is 1. The first kappa shape index (κ1) is 16.7. The fraction of sp³-hybridized carbons (Fsp3) is 0.250. The fourth-order valence-electron chi connectivity index (χ4n) is 3.51. The standard InChI is InChI=1S/C20H18BrClN2O/c21-16-3-1-14(2-4-16)20(25)24-9-7-13(8-10-24)19-12-15-11-17(22)5-6-18(15)23-19/h1-6,11-13,23H,7-10H2. The molecule has 0 atom stereocenters. The molecule has 0 unspecified atom stereocenters. The zero-order valence-electron chi connectivity index (χ0n) is 13.6. The molecule has 0 spiro atoms. The Morgan fingerprint density at radius 3 is 2.52 bits per heavy atom. The molecule has 1 aliphatic rings. The van der Waals surface area contributed by atoms with E-state index in [9.17, 15) is 4.79 Å². The van der Waals surface area contributed by atoms with Crippen LogP contribution in [0.25, 0.3) is 10.9 Å². The highest BCUT2D eigenvalue weighted by Crippen LogP contribution is 2.31. The number of rotatable bonds is 2. The zero-order valence-corrected chi connectivity index (χ0v) is 16.0. The Morgan fingerprint density at radius 1 is 1.08 bits per heavy atom. The summed E-state index contributed by atoms with van der Waals surface area (Å²) >= 11 is 9.48. The number of halogens is 2. The Balaban J connectivity index is 1.45. The van der Waals surface area contributed by atoms with Crippen LogP contribution in [0.15, 0.2) is 53.0 Å². The Labute approximate surface area is 160 Å². The Bertz CT molecular complexity index is 911. The van der Waals surface area contributed by atoms with Crippen molar-refractivity contribution in [2.24, 2.45) is 0 Å². The van der Waals surface area contributed by atoms with Crippen LogP contribution in [0.4, 0.5) is 0 Å². The minimum Gasteiger partial charge on any atom is -0.358 e. The van der Waals surface area contributed by atoms with Gasteiger partial charge in [0.15, 0.2) is 0 Å². The molecule has 3 nitrogen and oxygen atoms in total. The average Bonchev–Trinajstić information content (AvgIpc) is 3.05. The van der Waals surface area contributed by atoms with Crippen molar-refractivity contribution in [3.8, 4) is 0 Å². The van der Waals surface area contributed by atoms with Gasteiger partial charge >= 0.3 is 0 Å². The highest BCUT2D eigenvalue weighted by atomic mass is 79.9. The van der Waals surface area contributed by atoms with Crippen LogP contribution in [0.3, 0.4) is 0 Å². The predicted molar refractivity (Wildman–Crippen MR) is 105 cm³/mol. The molecule has 2 aromatic carbocycles. The van der Waals surface area contributed by atoms with E-state index in [1.54, 1.807) is 0 Å². The lowest BCUT2D eigenvalue weighted by molar-refractivity contribution is 0.0712. The Morgan fingerprint density at radius 2 is 1.80 bits per heavy atom. The lowest BCUT2D eigenvalue weighted by Crippen LogP contribution is -2.37. The lowest BCUT2D eigenvalue weighted by Gasteiger charge is -2.31. The van der Waals surface area contributed by atoms with E-state index in [4.69, 9.17) is 11.6 Å². The first-order valence-electron chi connectivity index (χ1n) is 8.43. The van der Waals surface area contributed by atoms with Crippen LogP contribution in [-0.2, 0) is 0 Å². The summed E-state index contributed by atoms with van der Waals surface area (Å²) in [7, 11) is 0. The van der Waals surface area contributed by atoms with E-state index in [1.807, 2.05) is 47.4 Å². The van der Waals surface area contributed by atoms with Gasteiger partial charge in [-0.15, -0.1) is 0 Å². The number of fused-ring (bicyclic) bond motifs is 1. The second-order valence-electron chi connectivity index (χ2n) is 6.53. The molecule has 1 fully saturated rings. The van der Waals surface area contributed by atoms with Crippen LogP contribution in [0, 0.1) is 0 Å². The van der Waals surface area contributed by atoms with Gasteiger partial charge in [0.05, 0.1) is 0 Å². The van der Waals surface area contributed by atoms with Crippen LogP contribution in [0.2, 0.25) is 5.02 Å². The summed E-state index contributed by atoms with van der Waals surface area (Å²) in [5.74, 6) is 0.578. The summed E-state index contributed by atoms with van der Waals surface area (Å²) in [6.45, 7) is 1.57. The van der Waals surface area contributed by atoms with Crippen molar-refractivity contribution < 1.29 is 4.79 Å². The molecular formula is C20H18BrClN2O. The van der Waals surface area contributed by atoms with Gasteiger partial charge in [0.25, 0.3) is 5.91 Å². The zero-order chi connectivity index (χ0) is 17.4. The molecule has 0 radical (unpaired) electrons. The van der Waals surface area contributed by atoms with Gasteiger partial charge in [-0.2, -0.15) is 0 Å². The smallest absolute Gasteiger partial charge is 0.253 e. The Hall–Kier alpha value is -1.78. The van der Waals surface area contributed by atoms with E-state index < -0.39 is 0 Å². The summed E-state index contributed by atoms with van der Waals surface area (Å²) in [5.41, 5.74) is 3.11. The molecule has 1 aliphatic heterocycles. The first-order chi connectivity index (χ1) is 12.1. The molecule has 25 heavy (non-hydrogen) atoms. The van der Waals surface area contributed by atoms with Gasteiger partial charge in [0.1, 0.15) is 0 Å². The van der Waals surface area contributed by atoms with Gasteiger partial charge in [0.2, 0.25) is 0 Å². The van der Waals surface area contributed by atoms with E-state index in [-0.39, 0.29) is 5.91 Å². The molecule has 0 saturated carbocycles. The molecule has 128 valence electrons. The quantitative estimate of drug-likeness (QED) is 0.578. The molecule has 1 N–H and O–H groups in total. The minimum absolute atomic E-state index is 0.120. The van der Waals surface area contributed by atoms with Gasteiger partial charge < -0.3 is 9.88 Å². The van der Waals surface area contributed by atoms with Crippen molar-refractivity contribution in [1.29, 1.82) is 0 Å². The van der Waals surface area contributed by atoms with Gasteiger partial charge in [-0.3, -0.25) is 4.79 Å². The largest absolute Gasteiger partial charge is 0.358 e. The third kappa shape index (κ3) is 3.46. The van der Waals surface area contributed by atoms with Crippen LogP contribution in [0.5, 0.6) is 0 Å². The summed E-state index contributed by atoms with van der Waals surface area (Å²) in [4.78, 5) is 18.1. The number of H-pyrrole nitrogens is 1. The molecule has 3 aromatic rings. The van der Waals surface area contributed by atoms with Crippen molar-refractivity contribution in [2.75, 3.05) is 13.1 Å². The van der Waals surface area contributed by atoms with Crippen LogP contribution in [0.1, 0.15) is 34.8 Å². The highest BCUT2D eigenvalue weighted by Gasteiger charge is 2.25. The maximum atomic E-state index is 12.6. The van der Waals surface area contributed by atoms with Gasteiger partial charge in [-0.1, -0.05) is 27.5 Å². The summed E-state index contributed by atoms with van der Waals surface area (Å²) in [6, 6.07) is 15.7. The molecule has 1 amide bonds. The van der Waals surface area contributed by atoms with E-state index in [1.165, 1.54) is 5.69 Å². The number of nitrogens with one attached hydrogen (secondary N) is 1. The number of nitrogens with zero attached hydrogens (tertiary/aromatic N) is 1. The number of hydrogen-bond donors (Lipinski definition) is 1. The number of benzene rings is 2. The molecule has 1 aromatic heterocycles. The fourth-order valence-corrected chi connectivity index (χ4v) is 3.96. The van der Waals surface area contributed by atoms with Crippen molar-refractivity contribution >= 4 is 44.3 Å². The molecular weight excluding hydrogens is 400 g/mol. The van der Waals surface area contributed by atoms with Gasteiger partial charge in [-0.05, 0) is 61.4 Å². The maximum absolute atomic E-state index is 12.6. The number of amides is 1. The first-order valence-corrected chi connectivity index (χ1v) is 9.60. The summed E-state index contributed by atoms with van der Waals surface area (Å²) in [5, 5.41) is 1.91. The van der Waals surface area contributed by atoms with Crippen molar-refractivity contribution in [3.63, 3.8) is 0 Å². The maximum Gasteiger partial charge on any atom is 0.253 e. The van der Waals surface area contributed by atoms with Crippen LogP contribution in [-0.4, -0.2) is 28.9 Å². The Kier molecular flexibility index (Phi) is 4.57. The molecule has 4 rings (SSSR count). The van der Waals surface area contributed by atoms with Crippen molar-refractivity contribution in [1.82, 2.24) is 9.88 Å². The molecule has 5 heteroatoms. The minimum atomic E-state index is 0.120. The lowest BCUT2D eigenvalue weighted by atomic mass is 9.93. The van der Waals surface area contributed by atoms with E-state index in [2.05, 4.69) is 27.0 Å². The third-order valence-corrected chi connectivity index (χ3v) is 5.68. The second-order valence-corrected chi connectivity index (χ2v) is 7.88. The molecule has 2 heterocycles. The van der Waals surface area contributed by atoms with Crippen LogP contribution >= 0.6 is 27.5 Å². The average molecular weight is 418 g/mol. The number of hydrogen-bond acceptors (Lipinski definition) is 1. The topological polar surface area (TPSA) is 36.1 Å². The molecule has 0 aliphatic carbocycles. The predicted octanol–water partition coefficient (Wildman–Crippen LogP) is 5.60. The van der Waals surface area contributed by atoms with Gasteiger partial charge in [0, 0.05) is 50.7 Å². The number of carbonyl (C=O) groups is 1. The molecule has 1 saturated heterocycles. The summed E-state index contributed by atoms with van der Waals surface area (Å²) in [6.07, 6.45) is 1.95. The second kappa shape index (κ2) is 6.85. The van der Waals surface area contributed by atoms with Crippen molar-refractivity contribution in [3.05, 3.63) is 69.3 Å². The van der Waals surface area contributed by atoms with E-state index >= 15 is 0 Å². The summed E-state index contributed by atoms with van der Waals surface area (Å²) < 4.78 is 0.988. The number of carbonyl (C=O) groups excluding carboxylic acids is 1. The van der Waals surface area contributed by atoms with E-state index in [0.717, 1.165) is 51.9 Å². The third-order valence-electron chi connectivity index (χ3n) is 4.92. The highest BCUT2D eigenvalue weighted by molar-refractivity contribution is 9.10. The van der Waals surface area contributed by atoms with E-state index in [0.29, 0.717) is 5.92 Å². The number of aromatic nitrogens is 1.